The van der Waals surface area contributed by atoms with Gasteiger partial charge in [-0.25, -0.2) is 5.43 Å². The van der Waals surface area contributed by atoms with Gasteiger partial charge >= 0.3 is 11.8 Å². The number of anilines is 2. The maximum Gasteiger partial charge on any atom is 0.329 e. The molecule has 0 radical (unpaired) electrons. The average Bonchev–Trinajstić information content (AvgIpc) is 2.81. The molecular formula is C25H24N4O4. The third-order valence-corrected chi connectivity index (χ3v) is 4.56. The fourth-order valence-electron chi connectivity index (χ4n) is 2.74. The Kier molecular flexibility index (Phi) is 7.91. The van der Waals surface area contributed by atoms with Crippen LogP contribution < -0.4 is 20.8 Å². The first-order valence-corrected chi connectivity index (χ1v) is 10.2. The number of hydrogen-bond donors (Lipinski definition) is 3. The van der Waals surface area contributed by atoms with Crippen molar-refractivity contribution in [2.45, 2.75) is 13.8 Å². The Labute approximate surface area is 191 Å². The summed E-state index contributed by atoms with van der Waals surface area (Å²) in [5.74, 6) is -1.45. The van der Waals surface area contributed by atoms with E-state index in [4.69, 9.17) is 4.74 Å². The minimum atomic E-state index is -0.883. The van der Waals surface area contributed by atoms with Crippen molar-refractivity contribution in [3.8, 4) is 5.75 Å². The summed E-state index contributed by atoms with van der Waals surface area (Å²) in [6, 6.07) is 21.3. The molecule has 8 nitrogen and oxygen atoms in total. The average molecular weight is 444 g/mol. The Hall–Kier alpha value is -4.46. The Morgan fingerprint density at radius 3 is 2.24 bits per heavy atom. The standard InChI is InChI=1S/C25H24N4O4/c1-17-7-11-20(12-8-17)27-24(31)25(32)29-26-15-19-9-13-21(14-10-19)33-16-23(30)28-22-6-4-3-5-18(22)2/h3-15H,16H2,1-2H3,(H,27,31)(H,28,30)(H,29,32)/b26-15-. The van der Waals surface area contributed by atoms with E-state index in [9.17, 15) is 14.4 Å². The monoisotopic (exact) mass is 444 g/mol. The third-order valence-electron chi connectivity index (χ3n) is 4.56. The molecule has 3 rings (SSSR count). The van der Waals surface area contributed by atoms with E-state index in [0.29, 0.717) is 17.0 Å². The van der Waals surface area contributed by atoms with E-state index in [1.807, 2.05) is 50.2 Å². The lowest BCUT2D eigenvalue weighted by Crippen LogP contribution is -2.32. The van der Waals surface area contributed by atoms with Crippen LogP contribution in [-0.4, -0.2) is 30.5 Å². The summed E-state index contributed by atoms with van der Waals surface area (Å²) in [5, 5.41) is 9.08. The van der Waals surface area contributed by atoms with Crippen molar-refractivity contribution in [3.63, 3.8) is 0 Å². The van der Waals surface area contributed by atoms with E-state index in [-0.39, 0.29) is 12.5 Å². The second-order valence-corrected chi connectivity index (χ2v) is 7.24. The van der Waals surface area contributed by atoms with Gasteiger partial charge in [0.25, 0.3) is 5.91 Å². The summed E-state index contributed by atoms with van der Waals surface area (Å²) in [6.07, 6.45) is 1.39. The van der Waals surface area contributed by atoms with Gasteiger partial charge in [-0.1, -0.05) is 35.9 Å². The van der Waals surface area contributed by atoms with Gasteiger partial charge < -0.3 is 15.4 Å². The first kappa shape index (κ1) is 23.2. The molecule has 0 unspecified atom stereocenters. The molecular weight excluding hydrogens is 420 g/mol. The van der Waals surface area contributed by atoms with Crippen LogP contribution in [0.3, 0.4) is 0 Å². The van der Waals surface area contributed by atoms with Gasteiger partial charge in [0.15, 0.2) is 6.61 Å². The predicted octanol–water partition coefficient (Wildman–Crippen LogP) is 3.41. The summed E-state index contributed by atoms with van der Waals surface area (Å²) in [7, 11) is 0. The van der Waals surface area contributed by atoms with Crippen LogP contribution in [0.25, 0.3) is 0 Å². The van der Waals surface area contributed by atoms with E-state index >= 15 is 0 Å². The molecule has 168 valence electrons. The zero-order valence-electron chi connectivity index (χ0n) is 18.3. The number of ether oxygens (including phenoxy) is 1. The normalized spacial score (nSPS) is 10.5. The van der Waals surface area contributed by atoms with Crippen molar-refractivity contribution in [1.82, 2.24) is 5.43 Å². The summed E-state index contributed by atoms with van der Waals surface area (Å²) in [4.78, 5) is 35.8. The zero-order valence-corrected chi connectivity index (χ0v) is 18.3. The first-order chi connectivity index (χ1) is 15.9. The molecule has 0 heterocycles. The van der Waals surface area contributed by atoms with Crippen LogP contribution in [0.2, 0.25) is 0 Å². The molecule has 0 saturated carbocycles. The van der Waals surface area contributed by atoms with Crippen LogP contribution in [0.4, 0.5) is 11.4 Å². The fraction of sp³-hybridized carbons (Fsp3) is 0.120. The van der Waals surface area contributed by atoms with Gasteiger partial charge in [-0.15, -0.1) is 0 Å². The molecule has 33 heavy (non-hydrogen) atoms. The number of benzene rings is 3. The molecule has 0 aromatic heterocycles. The Bertz CT molecular complexity index is 1160. The minimum Gasteiger partial charge on any atom is -0.484 e. The lowest BCUT2D eigenvalue weighted by Gasteiger charge is -2.09. The smallest absolute Gasteiger partial charge is 0.329 e. The third kappa shape index (κ3) is 7.32. The predicted molar refractivity (Wildman–Crippen MR) is 127 cm³/mol. The van der Waals surface area contributed by atoms with Crippen LogP contribution in [0.5, 0.6) is 5.75 Å². The van der Waals surface area contributed by atoms with Crippen LogP contribution in [0.15, 0.2) is 77.9 Å². The highest BCUT2D eigenvalue weighted by atomic mass is 16.5. The molecule has 3 N–H and O–H groups in total. The van der Waals surface area contributed by atoms with Gasteiger partial charge in [-0.2, -0.15) is 5.10 Å². The van der Waals surface area contributed by atoms with Gasteiger partial charge in [-0.05, 0) is 67.4 Å². The van der Waals surface area contributed by atoms with Crippen LogP contribution in [0, 0.1) is 13.8 Å². The van der Waals surface area contributed by atoms with Crippen LogP contribution in [-0.2, 0) is 14.4 Å². The number of carbonyl (C=O) groups is 3. The fourth-order valence-corrected chi connectivity index (χ4v) is 2.74. The number of amides is 3. The Morgan fingerprint density at radius 2 is 1.55 bits per heavy atom. The molecule has 0 aliphatic heterocycles. The largest absolute Gasteiger partial charge is 0.484 e. The maximum atomic E-state index is 12.1. The number of aryl methyl sites for hydroxylation is 2. The molecule has 0 saturated heterocycles. The minimum absolute atomic E-state index is 0.131. The van der Waals surface area contributed by atoms with Crippen molar-refractivity contribution >= 4 is 35.3 Å². The molecule has 0 bridgehead atoms. The lowest BCUT2D eigenvalue weighted by atomic mass is 10.2. The van der Waals surface area contributed by atoms with E-state index in [1.54, 1.807) is 36.4 Å². The highest BCUT2D eigenvalue weighted by Gasteiger charge is 2.12. The number of carbonyl (C=O) groups excluding carboxylic acids is 3. The summed E-state index contributed by atoms with van der Waals surface area (Å²) in [6.45, 7) is 3.71. The summed E-state index contributed by atoms with van der Waals surface area (Å²) >= 11 is 0. The van der Waals surface area contributed by atoms with E-state index in [0.717, 1.165) is 16.8 Å². The second kappa shape index (κ2) is 11.2. The molecule has 3 aromatic rings. The second-order valence-electron chi connectivity index (χ2n) is 7.24. The molecule has 0 atom stereocenters. The van der Waals surface area contributed by atoms with Crippen molar-refractivity contribution in [2.24, 2.45) is 5.10 Å². The number of hydrogen-bond acceptors (Lipinski definition) is 5. The highest BCUT2D eigenvalue weighted by molar-refractivity contribution is 6.39. The van der Waals surface area contributed by atoms with E-state index < -0.39 is 11.8 Å². The highest BCUT2D eigenvalue weighted by Crippen LogP contribution is 2.14. The number of rotatable bonds is 7. The van der Waals surface area contributed by atoms with Crippen LogP contribution >= 0.6 is 0 Å². The van der Waals surface area contributed by atoms with Gasteiger partial charge in [0.1, 0.15) is 5.75 Å². The summed E-state index contributed by atoms with van der Waals surface area (Å²) < 4.78 is 5.49. The number of hydrazone groups is 1. The van der Waals surface area contributed by atoms with Gasteiger partial charge in [0.05, 0.1) is 6.21 Å². The molecule has 3 amide bonds. The van der Waals surface area contributed by atoms with Crippen LogP contribution in [0.1, 0.15) is 16.7 Å². The van der Waals surface area contributed by atoms with Crippen molar-refractivity contribution in [2.75, 3.05) is 17.2 Å². The number of para-hydroxylation sites is 1. The topological polar surface area (TPSA) is 109 Å². The van der Waals surface area contributed by atoms with E-state index in [2.05, 4.69) is 21.2 Å². The van der Waals surface area contributed by atoms with Gasteiger partial charge in [-0.3, -0.25) is 14.4 Å². The van der Waals surface area contributed by atoms with Crippen molar-refractivity contribution < 1.29 is 19.1 Å². The molecule has 0 aliphatic carbocycles. The molecule has 8 heteroatoms. The van der Waals surface area contributed by atoms with Crippen molar-refractivity contribution in [1.29, 1.82) is 0 Å². The SMILES string of the molecule is Cc1ccc(NC(=O)C(=O)N/N=C\c2ccc(OCC(=O)Nc3ccccc3C)cc2)cc1. The first-order valence-electron chi connectivity index (χ1n) is 10.2. The Morgan fingerprint density at radius 1 is 0.848 bits per heavy atom. The van der Waals surface area contributed by atoms with Gasteiger partial charge in [0, 0.05) is 11.4 Å². The van der Waals surface area contributed by atoms with Crippen molar-refractivity contribution in [3.05, 3.63) is 89.5 Å². The Balaban J connectivity index is 1.43. The quantitative estimate of drug-likeness (QED) is 0.295. The lowest BCUT2D eigenvalue weighted by molar-refractivity contribution is -0.136. The number of nitrogens with zero attached hydrogens (tertiary/aromatic N) is 1. The number of nitrogens with one attached hydrogen (secondary N) is 3. The zero-order chi connectivity index (χ0) is 23.6. The molecule has 0 fully saturated rings. The molecule has 0 aliphatic rings. The van der Waals surface area contributed by atoms with Gasteiger partial charge in [0.2, 0.25) is 0 Å². The molecule has 3 aromatic carbocycles. The summed E-state index contributed by atoms with van der Waals surface area (Å²) in [5.41, 5.74) is 6.13. The molecule has 0 spiro atoms. The van der Waals surface area contributed by atoms with E-state index in [1.165, 1.54) is 6.21 Å². The maximum absolute atomic E-state index is 12.1.